The summed E-state index contributed by atoms with van der Waals surface area (Å²) in [6.45, 7) is 4.67. The first-order valence-corrected chi connectivity index (χ1v) is 5.63. The van der Waals surface area contributed by atoms with Crippen molar-refractivity contribution in [3.8, 4) is 11.5 Å². The van der Waals surface area contributed by atoms with Gasteiger partial charge in [-0.2, -0.15) is 0 Å². The van der Waals surface area contributed by atoms with E-state index in [9.17, 15) is 5.11 Å². The average Bonchev–Trinajstić information content (AvgIpc) is 2.37. The van der Waals surface area contributed by atoms with E-state index < -0.39 is 5.60 Å². The van der Waals surface area contributed by atoms with Crippen LogP contribution in [0.4, 0.5) is 0 Å². The summed E-state index contributed by atoms with van der Waals surface area (Å²) in [5, 5.41) is 10.4. The lowest BCUT2D eigenvalue weighted by molar-refractivity contribution is 0.00509. The van der Waals surface area contributed by atoms with Gasteiger partial charge in [-0.25, -0.2) is 0 Å². The highest BCUT2D eigenvalue weighted by Gasteiger charge is 2.34. The van der Waals surface area contributed by atoms with Crippen LogP contribution in [0.25, 0.3) is 0 Å². The number of fused-ring (bicyclic) bond motifs is 1. The van der Waals surface area contributed by atoms with Crippen molar-refractivity contribution < 1.29 is 14.6 Å². The normalized spacial score (nSPS) is 22.5. The van der Waals surface area contributed by atoms with Gasteiger partial charge in [0.1, 0.15) is 23.7 Å². The van der Waals surface area contributed by atoms with E-state index in [0.717, 1.165) is 0 Å². The van der Waals surface area contributed by atoms with E-state index in [2.05, 4.69) is 6.58 Å². The van der Waals surface area contributed by atoms with Crippen LogP contribution in [0.5, 0.6) is 11.5 Å². The van der Waals surface area contributed by atoms with E-state index in [1.54, 1.807) is 18.2 Å². The monoisotopic (exact) mass is 235 g/mol. The number of hydrogen-bond acceptors (Lipinski definition) is 4. The third-order valence-electron chi connectivity index (χ3n) is 2.93. The minimum atomic E-state index is -1.01. The fraction of sp³-hybridized carbons (Fsp3) is 0.385. The quantitative estimate of drug-likeness (QED) is 0.769. The number of ether oxygens (including phenoxy) is 2. The van der Waals surface area contributed by atoms with Gasteiger partial charge in [-0.05, 0) is 18.2 Å². The topological polar surface area (TPSA) is 64.7 Å². The molecular formula is C13H17NO3. The molecule has 92 valence electrons. The van der Waals surface area contributed by atoms with Crippen LogP contribution in [-0.2, 0) is 5.60 Å². The molecular weight excluding hydrogens is 218 g/mol. The molecule has 4 heteroatoms. The first kappa shape index (κ1) is 12.0. The Kier molecular flexibility index (Phi) is 3.36. The minimum absolute atomic E-state index is 0.175. The minimum Gasteiger partial charge on any atom is -0.493 e. The van der Waals surface area contributed by atoms with Gasteiger partial charge in [0.25, 0.3) is 0 Å². The summed E-state index contributed by atoms with van der Waals surface area (Å²) in [7, 11) is 0. The predicted octanol–water partition coefficient (Wildman–Crippen LogP) is 1.18. The van der Waals surface area contributed by atoms with Gasteiger partial charge in [-0.3, -0.25) is 0 Å². The Hall–Kier alpha value is -1.52. The van der Waals surface area contributed by atoms with Crippen LogP contribution in [0.1, 0.15) is 12.0 Å². The fourth-order valence-electron chi connectivity index (χ4n) is 1.92. The molecule has 0 spiro atoms. The number of benzene rings is 1. The second-order valence-corrected chi connectivity index (χ2v) is 4.09. The van der Waals surface area contributed by atoms with Crippen LogP contribution in [0.2, 0.25) is 0 Å². The van der Waals surface area contributed by atoms with Crippen LogP contribution in [0.15, 0.2) is 30.9 Å². The number of aliphatic hydroxyl groups is 1. The Morgan fingerprint density at radius 1 is 1.59 bits per heavy atom. The molecule has 0 amide bonds. The SMILES string of the molecule is C=CCOc1ccc2c(c1)C(O)(CN)CCO2. The highest BCUT2D eigenvalue weighted by Crippen LogP contribution is 2.38. The third-order valence-corrected chi connectivity index (χ3v) is 2.93. The number of hydrogen-bond donors (Lipinski definition) is 2. The summed E-state index contributed by atoms with van der Waals surface area (Å²) in [4.78, 5) is 0. The van der Waals surface area contributed by atoms with E-state index in [4.69, 9.17) is 15.2 Å². The largest absolute Gasteiger partial charge is 0.493 e. The number of nitrogens with two attached hydrogens (primary N) is 1. The molecule has 0 aliphatic carbocycles. The van der Waals surface area contributed by atoms with Gasteiger partial charge in [-0.1, -0.05) is 12.7 Å². The predicted molar refractivity (Wildman–Crippen MR) is 65.2 cm³/mol. The van der Waals surface area contributed by atoms with Gasteiger partial charge in [0.05, 0.1) is 6.61 Å². The lowest BCUT2D eigenvalue weighted by Gasteiger charge is -2.33. The van der Waals surface area contributed by atoms with Crippen LogP contribution in [0, 0.1) is 0 Å². The molecule has 2 rings (SSSR count). The highest BCUT2D eigenvalue weighted by atomic mass is 16.5. The molecule has 0 radical (unpaired) electrons. The van der Waals surface area contributed by atoms with Crippen molar-refractivity contribution in [3.05, 3.63) is 36.4 Å². The van der Waals surface area contributed by atoms with Gasteiger partial charge < -0.3 is 20.3 Å². The molecule has 17 heavy (non-hydrogen) atoms. The van der Waals surface area contributed by atoms with E-state index in [1.807, 2.05) is 6.07 Å². The van der Waals surface area contributed by atoms with E-state index in [1.165, 1.54) is 0 Å². The Morgan fingerprint density at radius 2 is 2.41 bits per heavy atom. The summed E-state index contributed by atoms with van der Waals surface area (Å²) < 4.78 is 10.9. The summed E-state index contributed by atoms with van der Waals surface area (Å²) in [5.41, 5.74) is 5.33. The van der Waals surface area contributed by atoms with Crippen molar-refractivity contribution in [2.75, 3.05) is 19.8 Å². The molecule has 1 atom stereocenters. The molecule has 1 heterocycles. The third kappa shape index (κ3) is 2.28. The zero-order chi connectivity index (χ0) is 12.3. The lowest BCUT2D eigenvalue weighted by Crippen LogP contribution is -2.39. The Bertz CT molecular complexity index is 419. The van der Waals surface area contributed by atoms with Crippen molar-refractivity contribution >= 4 is 0 Å². The van der Waals surface area contributed by atoms with E-state index in [-0.39, 0.29) is 6.54 Å². The summed E-state index contributed by atoms with van der Waals surface area (Å²) >= 11 is 0. The second-order valence-electron chi connectivity index (χ2n) is 4.09. The van der Waals surface area contributed by atoms with E-state index >= 15 is 0 Å². The van der Waals surface area contributed by atoms with Gasteiger partial charge >= 0.3 is 0 Å². The summed E-state index contributed by atoms with van der Waals surface area (Å²) in [5.74, 6) is 1.36. The van der Waals surface area contributed by atoms with E-state index in [0.29, 0.717) is 36.7 Å². The van der Waals surface area contributed by atoms with Crippen molar-refractivity contribution in [1.82, 2.24) is 0 Å². The van der Waals surface area contributed by atoms with Crippen molar-refractivity contribution in [3.63, 3.8) is 0 Å². The maximum atomic E-state index is 10.4. The molecule has 3 N–H and O–H groups in total. The van der Waals surface area contributed by atoms with Crippen LogP contribution < -0.4 is 15.2 Å². The molecule has 1 aliphatic rings. The molecule has 4 nitrogen and oxygen atoms in total. The molecule has 1 aromatic carbocycles. The maximum absolute atomic E-state index is 10.4. The molecule has 0 saturated carbocycles. The zero-order valence-electron chi connectivity index (χ0n) is 9.69. The van der Waals surface area contributed by atoms with Gasteiger partial charge in [-0.15, -0.1) is 0 Å². The standard InChI is InChI=1S/C13H17NO3/c1-2-6-16-10-3-4-12-11(8-10)13(15,9-14)5-7-17-12/h2-4,8,15H,1,5-7,9,14H2. The molecule has 0 saturated heterocycles. The first-order chi connectivity index (χ1) is 8.19. The smallest absolute Gasteiger partial charge is 0.125 e. The Labute approximate surface area is 101 Å². The van der Waals surface area contributed by atoms with Crippen LogP contribution >= 0.6 is 0 Å². The molecule has 0 fully saturated rings. The highest BCUT2D eigenvalue weighted by molar-refractivity contribution is 5.45. The second kappa shape index (κ2) is 4.77. The van der Waals surface area contributed by atoms with Crippen LogP contribution in [-0.4, -0.2) is 24.9 Å². The van der Waals surface area contributed by atoms with Gasteiger partial charge in [0.2, 0.25) is 0 Å². The zero-order valence-corrected chi connectivity index (χ0v) is 9.69. The summed E-state index contributed by atoms with van der Waals surface area (Å²) in [6.07, 6.45) is 2.17. The molecule has 1 unspecified atom stereocenters. The summed E-state index contributed by atoms with van der Waals surface area (Å²) in [6, 6.07) is 5.39. The molecule has 1 aromatic rings. The molecule has 1 aliphatic heterocycles. The fourth-order valence-corrected chi connectivity index (χ4v) is 1.92. The molecule has 0 bridgehead atoms. The number of rotatable bonds is 4. The van der Waals surface area contributed by atoms with Crippen molar-refractivity contribution in [2.45, 2.75) is 12.0 Å². The van der Waals surface area contributed by atoms with Gasteiger partial charge in [0, 0.05) is 18.5 Å². The maximum Gasteiger partial charge on any atom is 0.125 e. The molecule has 0 aromatic heterocycles. The van der Waals surface area contributed by atoms with Gasteiger partial charge in [0.15, 0.2) is 0 Å². The Morgan fingerprint density at radius 3 is 3.12 bits per heavy atom. The van der Waals surface area contributed by atoms with Crippen LogP contribution in [0.3, 0.4) is 0 Å². The average molecular weight is 235 g/mol. The van der Waals surface area contributed by atoms with Crippen molar-refractivity contribution in [2.24, 2.45) is 5.73 Å². The lowest BCUT2D eigenvalue weighted by atomic mass is 9.88. The Balaban J connectivity index is 2.33. The first-order valence-electron chi connectivity index (χ1n) is 5.63. The van der Waals surface area contributed by atoms with Crippen molar-refractivity contribution in [1.29, 1.82) is 0 Å².